The smallest absolute Gasteiger partial charge is 0.280 e. The van der Waals surface area contributed by atoms with Crippen molar-refractivity contribution in [3.63, 3.8) is 0 Å². The third kappa shape index (κ3) is 2.34. The first-order valence-corrected chi connectivity index (χ1v) is 4.61. The Hall–Kier alpha value is -0.300. The van der Waals surface area contributed by atoms with Gasteiger partial charge >= 0.3 is 0 Å². The predicted molar refractivity (Wildman–Crippen MR) is 52.3 cm³/mol. The molecule has 0 amide bonds. The number of aldehydes is 1. The number of halogens is 4. The van der Waals surface area contributed by atoms with Crippen LogP contribution in [0.5, 0.6) is 0 Å². The van der Waals surface area contributed by atoms with Crippen molar-refractivity contribution in [2.75, 3.05) is 0 Å². The van der Waals surface area contributed by atoms with E-state index in [4.69, 9.17) is 11.6 Å². The molecule has 0 N–H and O–H groups in total. The Morgan fingerprint density at radius 2 is 2.23 bits per heavy atom. The first-order chi connectivity index (χ1) is 6.06. The van der Waals surface area contributed by atoms with Crippen LogP contribution in [0.25, 0.3) is 0 Å². The third-order valence-corrected chi connectivity index (χ3v) is 2.86. The fraction of sp³-hybridized carbons (Fsp3) is 0.143. The van der Waals surface area contributed by atoms with E-state index in [1.54, 1.807) is 22.6 Å². The highest BCUT2D eigenvalue weighted by Gasteiger charge is 2.14. The van der Waals surface area contributed by atoms with Gasteiger partial charge in [-0.1, -0.05) is 11.6 Å². The van der Waals surface area contributed by atoms with Gasteiger partial charge in [-0.3, -0.25) is 4.79 Å². The van der Waals surface area contributed by atoms with E-state index >= 15 is 0 Å². The van der Waals surface area contributed by atoms with Gasteiger partial charge in [0.1, 0.15) is 11.4 Å². The van der Waals surface area contributed by atoms with Crippen molar-refractivity contribution in [2.24, 2.45) is 0 Å². The summed E-state index contributed by atoms with van der Waals surface area (Å²) < 4.78 is 24.7. The molecule has 1 rings (SSSR count). The van der Waals surface area contributed by atoms with Gasteiger partial charge in [0.2, 0.25) is 0 Å². The number of nitrogens with zero attached hydrogens (tertiary/aromatic N) is 1. The van der Waals surface area contributed by atoms with Crippen LogP contribution in [-0.4, -0.2) is 11.3 Å². The summed E-state index contributed by atoms with van der Waals surface area (Å²) in [5, 5.41) is 0.111. The zero-order valence-corrected chi connectivity index (χ0v) is 9.01. The van der Waals surface area contributed by atoms with Crippen LogP contribution >= 0.6 is 34.2 Å². The fourth-order valence-corrected chi connectivity index (χ4v) is 1.46. The summed E-state index contributed by atoms with van der Waals surface area (Å²) in [5.41, 5.74) is -0.584. The Bertz CT molecular complexity index is 346. The number of carbonyl (C=O) groups is 1. The highest BCUT2D eigenvalue weighted by molar-refractivity contribution is 14.1. The molecule has 1 aromatic rings. The third-order valence-electron chi connectivity index (χ3n) is 1.29. The zero-order chi connectivity index (χ0) is 10.0. The number of hydrogen-bond acceptors (Lipinski definition) is 2. The molecule has 70 valence electrons. The molecule has 0 aliphatic heterocycles. The Morgan fingerprint density at radius 1 is 1.62 bits per heavy atom. The SMILES string of the molecule is O=Cc1nc(C(F)F)cc(I)c1Cl. The molecule has 0 aliphatic rings. The van der Waals surface area contributed by atoms with Gasteiger partial charge in [0, 0.05) is 3.57 Å². The van der Waals surface area contributed by atoms with Gasteiger partial charge in [-0.05, 0) is 28.7 Å². The van der Waals surface area contributed by atoms with E-state index in [1.165, 1.54) is 0 Å². The summed E-state index contributed by atoms with van der Waals surface area (Å²) in [4.78, 5) is 13.8. The number of aromatic nitrogens is 1. The Labute approximate surface area is 91.4 Å². The molecule has 0 saturated carbocycles. The standard InChI is InChI=1S/C7H3ClF2INO/c8-6-3(11)1-4(7(9)10)12-5(6)2-13/h1-2,7H. The maximum atomic E-state index is 12.2. The van der Waals surface area contributed by atoms with Crippen LogP contribution < -0.4 is 0 Å². The van der Waals surface area contributed by atoms with Crippen molar-refractivity contribution in [3.05, 3.63) is 26.0 Å². The Kier molecular flexibility index (Phi) is 3.55. The molecule has 0 atom stereocenters. The first-order valence-electron chi connectivity index (χ1n) is 3.15. The average Bonchev–Trinajstić information content (AvgIpc) is 2.09. The van der Waals surface area contributed by atoms with E-state index < -0.39 is 12.1 Å². The van der Waals surface area contributed by atoms with Crippen LogP contribution in [0, 0.1) is 3.57 Å². The van der Waals surface area contributed by atoms with Crippen molar-refractivity contribution in [1.29, 1.82) is 0 Å². The second kappa shape index (κ2) is 4.28. The number of carbonyl (C=O) groups excluding carboxylic acids is 1. The molecule has 0 aliphatic carbocycles. The van der Waals surface area contributed by atoms with E-state index in [1.807, 2.05) is 0 Å². The molecule has 0 bridgehead atoms. The van der Waals surface area contributed by atoms with Crippen LogP contribution in [0.2, 0.25) is 5.02 Å². The van der Waals surface area contributed by atoms with Crippen LogP contribution in [-0.2, 0) is 0 Å². The summed E-state index contributed by atoms with van der Waals surface area (Å²) in [6, 6.07) is 1.15. The maximum absolute atomic E-state index is 12.2. The molecule has 0 saturated heterocycles. The van der Waals surface area contributed by atoms with E-state index in [-0.39, 0.29) is 10.7 Å². The lowest BCUT2D eigenvalue weighted by molar-refractivity contribution is 0.111. The van der Waals surface area contributed by atoms with Gasteiger partial charge in [-0.25, -0.2) is 13.8 Å². The molecule has 0 unspecified atom stereocenters. The average molecular weight is 317 g/mol. The number of pyridine rings is 1. The van der Waals surface area contributed by atoms with Crippen molar-refractivity contribution in [3.8, 4) is 0 Å². The maximum Gasteiger partial charge on any atom is 0.280 e. The summed E-state index contributed by atoms with van der Waals surface area (Å²) in [6.07, 6.45) is -2.33. The molecule has 13 heavy (non-hydrogen) atoms. The molecular formula is C7H3ClF2INO. The first kappa shape index (κ1) is 10.8. The van der Waals surface area contributed by atoms with Gasteiger partial charge < -0.3 is 0 Å². The molecule has 0 fully saturated rings. The quantitative estimate of drug-likeness (QED) is 0.620. The van der Waals surface area contributed by atoms with Gasteiger partial charge in [0.05, 0.1) is 5.02 Å². The lowest BCUT2D eigenvalue weighted by Gasteiger charge is -2.03. The summed E-state index contributed by atoms with van der Waals surface area (Å²) in [6.45, 7) is 0. The minimum atomic E-state index is -2.69. The van der Waals surface area contributed by atoms with Crippen molar-refractivity contribution < 1.29 is 13.6 Å². The van der Waals surface area contributed by atoms with Gasteiger partial charge in [-0.15, -0.1) is 0 Å². The van der Waals surface area contributed by atoms with E-state index in [0.717, 1.165) is 6.07 Å². The molecule has 2 nitrogen and oxygen atoms in total. The molecule has 1 heterocycles. The highest BCUT2D eigenvalue weighted by Crippen LogP contribution is 2.25. The van der Waals surface area contributed by atoms with E-state index in [2.05, 4.69) is 4.98 Å². The second-order valence-corrected chi connectivity index (χ2v) is 3.69. The molecule has 1 aromatic heterocycles. The predicted octanol–water partition coefficient (Wildman–Crippen LogP) is 3.09. The number of alkyl halides is 2. The molecule has 0 aromatic carbocycles. The fourth-order valence-electron chi connectivity index (χ4n) is 0.726. The van der Waals surface area contributed by atoms with Crippen LogP contribution in [0.1, 0.15) is 22.6 Å². The summed E-state index contributed by atoms with van der Waals surface area (Å²) >= 11 is 7.39. The Balaban J connectivity index is 3.30. The topological polar surface area (TPSA) is 30.0 Å². The van der Waals surface area contributed by atoms with E-state index in [0.29, 0.717) is 9.86 Å². The molecule has 0 radical (unpaired) electrons. The van der Waals surface area contributed by atoms with Crippen molar-refractivity contribution in [2.45, 2.75) is 6.43 Å². The lowest BCUT2D eigenvalue weighted by atomic mass is 10.3. The second-order valence-electron chi connectivity index (χ2n) is 2.15. The van der Waals surface area contributed by atoms with E-state index in [9.17, 15) is 13.6 Å². The largest absolute Gasteiger partial charge is 0.296 e. The molecule has 6 heteroatoms. The monoisotopic (exact) mass is 317 g/mol. The lowest BCUT2D eigenvalue weighted by Crippen LogP contribution is -1.98. The van der Waals surface area contributed by atoms with Gasteiger partial charge in [0.25, 0.3) is 6.43 Å². The highest BCUT2D eigenvalue weighted by atomic mass is 127. The number of rotatable bonds is 2. The minimum absolute atomic E-state index is 0.111. The molecular weight excluding hydrogens is 314 g/mol. The molecule has 0 spiro atoms. The van der Waals surface area contributed by atoms with Crippen LogP contribution in [0.3, 0.4) is 0 Å². The number of hydrogen-bond donors (Lipinski definition) is 0. The Morgan fingerprint density at radius 3 is 2.69 bits per heavy atom. The summed E-state index contributed by atoms with van der Waals surface area (Å²) in [5.74, 6) is 0. The van der Waals surface area contributed by atoms with Gasteiger partial charge in [-0.2, -0.15) is 0 Å². The zero-order valence-electron chi connectivity index (χ0n) is 6.10. The van der Waals surface area contributed by atoms with Crippen molar-refractivity contribution >= 4 is 40.5 Å². The minimum Gasteiger partial charge on any atom is -0.296 e. The van der Waals surface area contributed by atoms with Gasteiger partial charge in [0.15, 0.2) is 6.29 Å². The van der Waals surface area contributed by atoms with Crippen molar-refractivity contribution in [1.82, 2.24) is 4.98 Å². The van der Waals surface area contributed by atoms with Crippen LogP contribution in [0.15, 0.2) is 6.07 Å². The summed E-state index contributed by atoms with van der Waals surface area (Å²) in [7, 11) is 0. The normalized spacial score (nSPS) is 10.5. The van der Waals surface area contributed by atoms with Crippen LogP contribution in [0.4, 0.5) is 8.78 Å².